The number of carbonyl (C=O) groups excluding carboxylic acids is 1. The predicted octanol–water partition coefficient (Wildman–Crippen LogP) is 1.07. The molecule has 92 valence electrons. The van der Waals surface area contributed by atoms with Crippen LogP contribution in [-0.4, -0.2) is 40.0 Å². The Bertz CT molecular complexity index is 281. The first kappa shape index (κ1) is 13.0. The van der Waals surface area contributed by atoms with Gasteiger partial charge in [0.15, 0.2) is 0 Å². The standard InChI is InChI=1S/C11H20N2O3/c1-11(2,3)13(10(15)16)8(6-14)9(12)7-4-5-7/h6-9H,4-5,12H2,1-3H3,(H,15,16). The van der Waals surface area contributed by atoms with Crippen LogP contribution in [0.3, 0.4) is 0 Å². The highest BCUT2D eigenvalue weighted by Gasteiger charge is 2.42. The van der Waals surface area contributed by atoms with Crippen molar-refractivity contribution in [3.63, 3.8) is 0 Å². The van der Waals surface area contributed by atoms with E-state index in [0.29, 0.717) is 12.2 Å². The highest BCUT2D eigenvalue weighted by molar-refractivity contribution is 5.73. The molecule has 1 aliphatic carbocycles. The minimum Gasteiger partial charge on any atom is -0.465 e. The molecule has 16 heavy (non-hydrogen) atoms. The summed E-state index contributed by atoms with van der Waals surface area (Å²) in [6.45, 7) is 5.28. The molecule has 1 aliphatic rings. The SMILES string of the molecule is CC(C)(C)N(C(=O)O)C(C=O)C(N)C1CC1. The lowest BCUT2D eigenvalue weighted by atomic mass is 9.97. The lowest BCUT2D eigenvalue weighted by Crippen LogP contribution is -2.58. The Morgan fingerprint density at radius 2 is 2.00 bits per heavy atom. The van der Waals surface area contributed by atoms with Gasteiger partial charge in [-0.3, -0.25) is 4.90 Å². The molecule has 1 fully saturated rings. The fourth-order valence-corrected chi connectivity index (χ4v) is 1.95. The summed E-state index contributed by atoms with van der Waals surface area (Å²) in [6, 6.07) is -1.13. The first-order chi connectivity index (χ1) is 7.29. The molecule has 2 unspecified atom stereocenters. The molecule has 0 aromatic rings. The Kier molecular flexibility index (Phi) is 3.57. The largest absolute Gasteiger partial charge is 0.465 e. The molecule has 0 aliphatic heterocycles. The third-order valence-corrected chi connectivity index (χ3v) is 2.93. The number of hydrogen-bond acceptors (Lipinski definition) is 3. The summed E-state index contributed by atoms with van der Waals surface area (Å²) in [7, 11) is 0. The maximum absolute atomic E-state index is 11.2. The van der Waals surface area contributed by atoms with Gasteiger partial charge in [-0.1, -0.05) is 0 Å². The van der Waals surface area contributed by atoms with Crippen LogP contribution in [0.2, 0.25) is 0 Å². The molecule has 0 aromatic heterocycles. The average Bonchev–Trinajstić information content (AvgIpc) is 2.92. The predicted molar refractivity (Wildman–Crippen MR) is 60.2 cm³/mol. The van der Waals surface area contributed by atoms with Crippen molar-refractivity contribution in [2.75, 3.05) is 0 Å². The van der Waals surface area contributed by atoms with Crippen LogP contribution in [0.25, 0.3) is 0 Å². The van der Waals surface area contributed by atoms with Crippen molar-refractivity contribution >= 4 is 12.4 Å². The number of aldehydes is 1. The van der Waals surface area contributed by atoms with E-state index in [9.17, 15) is 14.7 Å². The van der Waals surface area contributed by atoms with E-state index in [-0.39, 0.29) is 6.04 Å². The summed E-state index contributed by atoms with van der Waals surface area (Å²) in [6.07, 6.45) is 1.54. The van der Waals surface area contributed by atoms with Crippen LogP contribution in [0.15, 0.2) is 0 Å². The number of hydrogen-bond donors (Lipinski definition) is 2. The number of amides is 1. The third kappa shape index (κ3) is 2.72. The van der Waals surface area contributed by atoms with Crippen LogP contribution < -0.4 is 5.73 Å². The fourth-order valence-electron chi connectivity index (χ4n) is 1.95. The van der Waals surface area contributed by atoms with Crippen LogP contribution in [0.5, 0.6) is 0 Å². The summed E-state index contributed by atoms with van der Waals surface area (Å²) >= 11 is 0. The van der Waals surface area contributed by atoms with E-state index in [1.807, 2.05) is 0 Å². The fraction of sp³-hybridized carbons (Fsp3) is 0.818. The first-order valence-electron chi connectivity index (χ1n) is 5.52. The minimum absolute atomic E-state index is 0.291. The molecule has 2 atom stereocenters. The molecular weight excluding hydrogens is 208 g/mol. The monoisotopic (exact) mass is 228 g/mol. The summed E-state index contributed by atoms with van der Waals surface area (Å²) < 4.78 is 0. The molecule has 1 amide bonds. The maximum atomic E-state index is 11.2. The van der Waals surface area contributed by atoms with Gasteiger partial charge in [0.25, 0.3) is 0 Å². The van der Waals surface area contributed by atoms with E-state index < -0.39 is 17.7 Å². The molecule has 5 nitrogen and oxygen atoms in total. The topological polar surface area (TPSA) is 83.6 Å². The van der Waals surface area contributed by atoms with E-state index in [1.165, 1.54) is 0 Å². The molecule has 1 rings (SSSR count). The Morgan fingerprint density at radius 3 is 2.25 bits per heavy atom. The zero-order chi connectivity index (χ0) is 12.5. The van der Waals surface area contributed by atoms with Gasteiger partial charge in [0, 0.05) is 11.6 Å². The van der Waals surface area contributed by atoms with Gasteiger partial charge in [-0.15, -0.1) is 0 Å². The average molecular weight is 228 g/mol. The molecule has 0 bridgehead atoms. The summed E-state index contributed by atoms with van der Waals surface area (Å²) in [5, 5.41) is 9.17. The minimum atomic E-state index is -1.10. The molecule has 1 saturated carbocycles. The highest BCUT2D eigenvalue weighted by Crippen LogP contribution is 2.34. The Hall–Kier alpha value is -1.10. The zero-order valence-corrected chi connectivity index (χ0v) is 10.0. The van der Waals surface area contributed by atoms with Crippen LogP contribution in [0, 0.1) is 5.92 Å². The second kappa shape index (κ2) is 4.41. The number of carboxylic acid groups (broad SMARTS) is 1. The Labute approximate surface area is 95.6 Å². The van der Waals surface area contributed by atoms with E-state index >= 15 is 0 Å². The summed E-state index contributed by atoms with van der Waals surface area (Å²) in [5.74, 6) is 0.291. The highest BCUT2D eigenvalue weighted by atomic mass is 16.4. The van der Waals surface area contributed by atoms with E-state index in [2.05, 4.69) is 0 Å². The van der Waals surface area contributed by atoms with Crippen molar-refractivity contribution in [1.29, 1.82) is 0 Å². The van der Waals surface area contributed by atoms with Gasteiger partial charge < -0.3 is 15.6 Å². The number of nitrogens with two attached hydrogens (primary N) is 1. The van der Waals surface area contributed by atoms with Gasteiger partial charge in [0.05, 0.1) is 0 Å². The van der Waals surface area contributed by atoms with Crippen molar-refractivity contribution in [2.24, 2.45) is 11.7 Å². The molecule has 0 saturated heterocycles. The molecule has 3 N–H and O–H groups in total. The Balaban J connectivity index is 2.89. The van der Waals surface area contributed by atoms with Crippen LogP contribution in [-0.2, 0) is 4.79 Å². The van der Waals surface area contributed by atoms with Crippen LogP contribution >= 0.6 is 0 Å². The third-order valence-electron chi connectivity index (χ3n) is 2.93. The van der Waals surface area contributed by atoms with E-state index in [4.69, 9.17) is 5.73 Å². The molecular formula is C11H20N2O3. The van der Waals surface area contributed by atoms with Crippen molar-refractivity contribution in [3.8, 4) is 0 Å². The Morgan fingerprint density at radius 1 is 1.50 bits per heavy atom. The van der Waals surface area contributed by atoms with Gasteiger partial charge in [0.1, 0.15) is 12.3 Å². The van der Waals surface area contributed by atoms with Gasteiger partial charge in [0.2, 0.25) is 0 Å². The molecule has 0 spiro atoms. The number of nitrogens with zero attached hydrogens (tertiary/aromatic N) is 1. The van der Waals surface area contributed by atoms with Crippen LogP contribution in [0.4, 0.5) is 4.79 Å². The smallest absolute Gasteiger partial charge is 0.408 e. The lowest BCUT2D eigenvalue weighted by molar-refractivity contribution is -0.114. The molecule has 5 heteroatoms. The first-order valence-corrected chi connectivity index (χ1v) is 5.52. The second-order valence-corrected chi connectivity index (χ2v) is 5.36. The van der Waals surface area contributed by atoms with Crippen molar-refractivity contribution < 1.29 is 14.7 Å². The second-order valence-electron chi connectivity index (χ2n) is 5.36. The zero-order valence-electron chi connectivity index (χ0n) is 10.0. The molecule has 0 heterocycles. The molecule has 0 aromatic carbocycles. The molecule has 0 radical (unpaired) electrons. The van der Waals surface area contributed by atoms with Crippen LogP contribution in [0.1, 0.15) is 33.6 Å². The van der Waals surface area contributed by atoms with Gasteiger partial charge >= 0.3 is 6.09 Å². The van der Waals surface area contributed by atoms with Crippen molar-refractivity contribution in [1.82, 2.24) is 4.90 Å². The number of rotatable bonds is 4. The van der Waals surface area contributed by atoms with Gasteiger partial charge in [-0.25, -0.2) is 4.79 Å². The quantitative estimate of drug-likeness (QED) is 0.705. The summed E-state index contributed by atoms with van der Waals surface area (Å²) in [4.78, 5) is 23.4. The van der Waals surface area contributed by atoms with Gasteiger partial charge in [-0.05, 0) is 39.5 Å². The lowest BCUT2D eigenvalue weighted by Gasteiger charge is -2.39. The summed E-state index contributed by atoms with van der Waals surface area (Å²) in [5.41, 5.74) is 5.31. The van der Waals surface area contributed by atoms with Gasteiger partial charge in [-0.2, -0.15) is 0 Å². The van der Waals surface area contributed by atoms with E-state index in [0.717, 1.165) is 17.7 Å². The maximum Gasteiger partial charge on any atom is 0.408 e. The van der Waals surface area contributed by atoms with Crippen molar-refractivity contribution in [3.05, 3.63) is 0 Å². The number of carbonyl (C=O) groups is 2. The normalized spacial score (nSPS) is 20.0. The van der Waals surface area contributed by atoms with E-state index in [1.54, 1.807) is 20.8 Å². The van der Waals surface area contributed by atoms with Crippen molar-refractivity contribution in [2.45, 2.75) is 51.2 Å².